The van der Waals surface area contributed by atoms with Crippen LogP contribution in [0.15, 0.2) is 388 Å². The summed E-state index contributed by atoms with van der Waals surface area (Å²) in [4.78, 5) is 11.5. The Hall–Kier alpha value is -15.0. The summed E-state index contributed by atoms with van der Waals surface area (Å²) in [6.07, 6.45) is 0. The first kappa shape index (κ1) is 67.5. The molecule has 24 rings (SSSR count). The summed E-state index contributed by atoms with van der Waals surface area (Å²) in [5.41, 5.74) is 38.0. The van der Waals surface area contributed by atoms with E-state index in [0.717, 1.165) is 111 Å². The van der Waals surface area contributed by atoms with Crippen molar-refractivity contribution in [3.05, 3.63) is 411 Å². The smallest absolute Gasteiger partial charge is 0.235 e. The molecule has 554 valence electrons. The van der Waals surface area contributed by atoms with Gasteiger partial charge in [-0.05, 0) is 240 Å². The molecule has 0 spiro atoms. The average molecular weight is 1510 g/mol. The van der Waals surface area contributed by atoms with E-state index in [-0.39, 0.29) is 10.8 Å². The summed E-state index contributed by atoms with van der Waals surface area (Å²) < 4.78 is 9.64. The van der Waals surface area contributed by atoms with Crippen molar-refractivity contribution in [3.63, 3.8) is 0 Å². The third-order valence-electron chi connectivity index (χ3n) is 26.0. The molecule has 0 radical (unpaired) electrons. The van der Waals surface area contributed by atoms with E-state index in [9.17, 15) is 0 Å². The maximum atomic E-state index is 5.77. The van der Waals surface area contributed by atoms with E-state index in [1.807, 2.05) is 0 Å². The van der Waals surface area contributed by atoms with Crippen LogP contribution >= 0.6 is 0 Å². The molecule has 2 aliphatic carbocycles. The monoisotopic (exact) mass is 1500 g/mol. The fourth-order valence-electron chi connectivity index (χ4n) is 20.2. The van der Waals surface area contributed by atoms with Crippen LogP contribution in [0.3, 0.4) is 0 Å². The number of hydrogen-bond donors (Lipinski definition) is 0. The van der Waals surface area contributed by atoms with Crippen molar-refractivity contribution in [2.24, 2.45) is 0 Å². The summed E-state index contributed by atoms with van der Waals surface area (Å²) in [6, 6.07) is 144. The molecule has 0 aliphatic heterocycles. The lowest BCUT2D eigenvalue weighted by molar-refractivity contribution is 0.660. The molecule has 0 saturated heterocycles. The van der Waals surface area contributed by atoms with Gasteiger partial charge < -0.3 is 13.7 Å². The summed E-state index contributed by atoms with van der Waals surface area (Å²) in [6.45, 7) is 9.45. The van der Waals surface area contributed by atoms with Gasteiger partial charge in [0.2, 0.25) is 5.95 Å². The molecule has 22 aromatic rings. The van der Waals surface area contributed by atoms with E-state index >= 15 is 0 Å². The van der Waals surface area contributed by atoms with Gasteiger partial charge in [0.1, 0.15) is 0 Å². The Morgan fingerprint density at radius 2 is 0.475 bits per heavy atom. The molecule has 5 aromatic heterocycles. The number of para-hydroxylation sites is 4. The van der Waals surface area contributed by atoms with Gasteiger partial charge in [-0.25, -0.2) is 9.97 Å². The molecule has 0 saturated carbocycles. The van der Waals surface area contributed by atoms with Crippen LogP contribution in [0.5, 0.6) is 0 Å². The van der Waals surface area contributed by atoms with E-state index in [1.54, 1.807) is 0 Å². The van der Waals surface area contributed by atoms with Crippen LogP contribution in [0.4, 0.5) is 0 Å². The van der Waals surface area contributed by atoms with E-state index in [1.165, 1.54) is 116 Å². The van der Waals surface area contributed by atoms with Crippen LogP contribution in [0, 0.1) is 0 Å². The molecule has 0 atom stereocenters. The van der Waals surface area contributed by atoms with Crippen LogP contribution in [0.25, 0.3) is 211 Å². The first-order valence-corrected chi connectivity index (χ1v) is 41.0. The van der Waals surface area contributed by atoms with Crippen molar-refractivity contribution in [2.75, 3.05) is 0 Å². The SMILES string of the molecule is CC1(C)c2ccccc2-c2ccc(-n3c4ccccc4c4cc(-c5ccc6c(c5)c5ccccc5n6-c5cccc(-c6cc(-c7cccc(-c8cc(-c9ccccc9)cc(-c9ccccc9)c8)c7)nc(-n7c8ccccc8c8cc(-c9ccc%10c(c9)c9ccccc9n%10-c9ccc%10c(c9)C(C)(C)c9ccccc9-%10)ccc87)n6)c5)ccc43)cc21. The molecule has 2 aliphatic rings. The maximum absolute atomic E-state index is 5.77. The van der Waals surface area contributed by atoms with Crippen molar-refractivity contribution >= 4 is 87.2 Å². The molecular formula is C112H76N6. The van der Waals surface area contributed by atoms with E-state index in [2.05, 4.69) is 434 Å². The van der Waals surface area contributed by atoms with Crippen LogP contribution in [-0.4, -0.2) is 28.2 Å². The highest BCUT2D eigenvalue weighted by atomic mass is 15.2. The Labute approximate surface area is 683 Å². The lowest BCUT2D eigenvalue weighted by Gasteiger charge is -2.22. The van der Waals surface area contributed by atoms with E-state index in [0.29, 0.717) is 5.95 Å². The first-order chi connectivity index (χ1) is 58.0. The van der Waals surface area contributed by atoms with Crippen LogP contribution in [0.2, 0.25) is 0 Å². The molecule has 0 amide bonds. The Bertz CT molecular complexity index is 7940. The summed E-state index contributed by atoms with van der Waals surface area (Å²) in [5.74, 6) is 0.582. The standard InChI is InChI=1S/C112H76N6/c1-111(2)96-39-17-11-33-84(96)86-51-49-82(66-98(86)111)116-103-42-20-14-36-89(103)93-63-73(46-54-107(93)116)72-45-53-106-92(62-72)88-35-13-19-41-102(88)115(106)81-32-24-31-77(61-81)101-68-100(76-30-23-29-71(57-76)80-59-78(69-25-7-5-8-26-69)58-79(60-80)70-27-9-6-10-28-70)113-110(114-101)118-105-44-22-16-38-91(105)95-65-75(48-56-109(95)118)74-47-55-108-94(64-74)90-37-15-21-43-104(90)117(108)83-50-52-87-85-34-12-18-40-97(85)112(3,4)99(87)67-83/h5-68H,1-4H3. The number of benzene rings is 17. The van der Waals surface area contributed by atoms with Crippen molar-refractivity contribution < 1.29 is 0 Å². The third-order valence-corrected chi connectivity index (χ3v) is 26.0. The minimum atomic E-state index is -0.123. The Balaban J connectivity index is 0.636. The first-order valence-electron chi connectivity index (χ1n) is 41.0. The number of nitrogens with zero attached hydrogens (tertiary/aromatic N) is 6. The lowest BCUT2D eigenvalue weighted by Crippen LogP contribution is -2.15. The average Bonchev–Trinajstić information content (AvgIpc) is 1.57. The largest absolute Gasteiger partial charge is 0.309 e. The Morgan fingerprint density at radius 3 is 0.907 bits per heavy atom. The number of hydrogen-bond acceptors (Lipinski definition) is 2. The van der Waals surface area contributed by atoms with Gasteiger partial charge in [-0.2, -0.15) is 0 Å². The molecule has 0 N–H and O–H groups in total. The highest BCUT2D eigenvalue weighted by molar-refractivity contribution is 6.15. The molecule has 5 heterocycles. The van der Waals surface area contributed by atoms with Crippen molar-refractivity contribution in [1.82, 2.24) is 28.2 Å². The molecule has 118 heavy (non-hydrogen) atoms. The number of fused-ring (bicyclic) bond motifs is 18. The second kappa shape index (κ2) is 25.8. The second-order valence-corrected chi connectivity index (χ2v) is 33.2. The lowest BCUT2D eigenvalue weighted by atomic mass is 9.82. The van der Waals surface area contributed by atoms with Gasteiger partial charge in [0, 0.05) is 82.1 Å². The van der Waals surface area contributed by atoms with Crippen molar-refractivity contribution in [3.8, 4) is 123 Å². The highest BCUT2D eigenvalue weighted by Crippen LogP contribution is 2.53. The molecular weight excluding hydrogens is 1430 g/mol. The van der Waals surface area contributed by atoms with Gasteiger partial charge in [-0.3, -0.25) is 4.57 Å². The van der Waals surface area contributed by atoms with Gasteiger partial charge in [0.25, 0.3) is 0 Å². The molecule has 0 bridgehead atoms. The molecule has 0 unspecified atom stereocenters. The van der Waals surface area contributed by atoms with Gasteiger partial charge in [0.05, 0.1) is 55.5 Å². The summed E-state index contributed by atoms with van der Waals surface area (Å²) in [7, 11) is 0. The van der Waals surface area contributed by atoms with Crippen molar-refractivity contribution in [2.45, 2.75) is 38.5 Å². The highest BCUT2D eigenvalue weighted by Gasteiger charge is 2.37. The van der Waals surface area contributed by atoms with E-state index in [4.69, 9.17) is 9.97 Å². The summed E-state index contributed by atoms with van der Waals surface area (Å²) in [5, 5.41) is 9.51. The van der Waals surface area contributed by atoms with Crippen LogP contribution < -0.4 is 0 Å². The minimum Gasteiger partial charge on any atom is -0.309 e. The number of aromatic nitrogens is 6. The fraction of sp³-hybridized carbons (Fsp3) is 0.0536. The minimum absolute atomic E-state index is 0.114. The zero-order chi connectivity index (χ0) is 78.2. The fourth-order valence-corrected chi connectivity index (χ4v) is 20.2. The predicted octanol–water partition coefficient (Wildman–Crippen LogP) is 29.1. The molecule has 17 aromatic carbocycles. The maximum Gasteiger partial charge on any atom is 0.235 e. The zero-order valence-electron chi connectivity index (χ0n) is 65.6. The second-order valence-electron chi connectivity index (χ2n) is 33.2. The normalized spacial score (nSPS) is 13.2. The quantitative estimate of drug-likeness (QED) is 0.130. The van der Waals surface area contributed by atoms with Gasteiger partial charge in [-0.1, -0.05) is 276 Å². The molecule has 0 fully saturated rings. The van der Waals surface area contributed by atoms with Gasteiger partial charge >= 0.3 is 0 Å². The van der Waals surface area contributed by atoms with E-state index < -0.39 is 0 Å². The Kier molecular flexibility index (Phi) is 14.7. The van der Waals surface area contributed by atoms with Crippen molar-refractivity contribution in [1.29, 1.82) is 0 Å². The molecule has 6 nitrogen and oxygen atoms in total. The Morgan fingerprint density at radius 1 is 0.178 bits per heavy atom. The van der Waals surface area contributed by atoms with Crippen LogP contribution in [-0.2, 0) is 10.8 Å². The topological polar surface area (TPSA) is 45.5 Å². The molecule has 6 heteroatoms. The zero-order valence-corrected chi connectivity index (χ0v) is 65.6. The van der Waals surface area contributed by atoms with Gasteiger partial charge in [-0.15, -0.1) is 0 Å². The number of rotatable bonds is 11. The predicted molar refractivity (Wildman–Crippen MR) is 493 cm³/mol. The third kappa shape index (κ3) is 10.3. The van der Waals surface area contributed by atoms with Gasteiger partial charge in [0.15, 0.2) is 0 Å². The van der Waals surface area contributed by atoms with Crippen LogP contribution in [0.1, 0.15) is 49.9 Å². The summed E-state index contributed by atoms with van der Waals surface area (Å²) >= 11 is 0.